The minimum atomic E-state index is -2.37. The van der Waals surface area contributed by atoms with Crippen molar-refractivity contribution < 1.29 is 4.79 Å². The second-order valence-corrected chi connectivity index (χ2v) is 27.9. The monoisotopic (exact) mass is 543 g/mol. The number of carbonyl (C=O) groups excluding carboxylic acids is 1. The van der Waals surface area contributed by atoms with Gasteiger partial charge in [-0.1, -0.05) is 13.3 Å². The molecule has 1 rings (SSSR count). The molecule has 0 bridgehead atoms. The maximum absolute atomic E-state index is 12.4. The molecule has 1 aliphatic carbocycles. The summed E-state index contributed by atoms with van der Waals surface area (Å²) in [6, 6.07) is 0. The molecule has 0 atom stereocenters. The fourth-order valence-electron chi connectivity index (χ4n) is 4.09. The zero-order chi connectivity index (χ0) is 18.5. The molecule has 0 radical (unpaired) electrons. The van der Waals surface area contributed by atoms with Gasteiger partial charge in [-0.2, -0.15) is 0 Å². The molecule has 0 fully saturated rings. The summed E-state index contributed by atoms with van der Waals surface area (Å²) in [5.41, 5.74) is 1.19. The average molecular weight is 543 g/mol. The van der Waals surface area contributed by atoms with Crippen molar-refractivity contribution in [1.82, 2.24) is 5.32 Å². The Labute approximate surface area is 161 Å². The molecule has 144 valence electrons. The Kier molecular flexibility index (Phi) is 12.0. The molecule has 0 aromatic heterocycles. The molecule has 1 N–H and O–H groups in total. The Morgan fingerprint density at radius 1 is 0.880 bits per heavy atom. The van der Waals surface area contributed by atoms with E-state index >= 15 is 0 Å². The molecule has 0 spiro atoms. The van der Waals surface area contributed by atoms with Crippen LogP contribution in [0.3, 0.4) is 0 Å². The molecule has 2 nitrogen and oxygen atoms in total. The van der Waals surface area contributed by atoms with Gasteiger partial charge in [0.05, 0.1) is 0 Å². The Morgan fingerprint density at radius 2 is 1.44 bits per heavy atom. The number of unbranched alkanes of at least 4 members (excludes halogenated alkanes) is 7. The summed E-state index contributed by atoms with van der Waals surface area (Å²) >= 11 is -2.37. The third-order valence-electron chi connectivity index (χ3n) is 6.07. The van der Waals surface area contributed by atoms with Crippen LogP contribution in [0.15, 0.2) is 21.0 Å². The standard InChI is InChI=1S/C16H26NO.3C2H5.Pb/c1-2-3-4-5-6-7-8-9-14-16(18)17-15-12-10-11-13-15;3*1-2;/h10,13H,2-9,11,14H2,1H3,(H,17,18);3*1H2,2H3;. The number of hydrogen-bond donors (Lipinski definition) is 1. The van der Waals surface area contributed by atoms with Gasteiger partial charge in [0.15, 0.2) is 0 Å². The average Bonchev–Trinajstić information content (AvgIpc) is 3.08. The van der Waals surface area contributed by atoms with E-state index in [1.54, 1.807) is 3.13 Å². The van der Waals surface area contributed by atoms with Gasteiger partial charge in [0, 0.05) is 0 Å². The molecule has 0 saturated carbocycles. The van der Waals surface area contributed by atoms with Crippen LogP contribution in [-0.2, 0) is 4.79 Å². The van der Waals surface area contributed by atoms with E-state index in [4.69, 9.17) is 0 Å². The van der Waals surface area contributed by atoms with Crippen LogP contribution in [0.5, 0.6) is 0 Å². The van der Waals surface area contributed by atoms with E-state index in [1.807, 2.05) is 0 Å². The molecule has 0 saturated heterocycles. The summed E-state index contributed by atoms with van der Waals surface area (Å²) in [6.07, 6.45) is 16.6. The van der Waals surface area contributed by atoms with E-state index in [2.05, 4.69) is 45.2 Å². The molecular formula is C22H41NOPb. The molecule has 0 aliphatic heterocycles. The Hall–Kier alpha value is -0.128. The number of amides is 1. The van der Waals surface area contributed by atoms with Crippen LogP contribution >= 0.6 is 0 Å². The van der Waals surface area contributed by atoms with E-state index in [1.165, 1.54) is 62.6 Å². The second kappa shape index (κ2) is 13.1. The molecular weight excluding hydrogens is 501 g/mol. The van der Waals surface area contributed by atoms with Gasteiger partial charge in [0.1, 0.15) is 0 Å². The fraction of sp³-hybridized carbons (Fsp3) is 0.773. The third-order valence-corrected chi connectivity index (χ3v) is 28.1. The van der Waals surface area contributed by atoms with Crippen molar-refractivity contribution in [2.45, 2.75) is 104 Å². The third kappa shape index (κ3) is 7.56. The van der Waals surface area contributed by atoms with E-state index in [-0.39, 0.29) is 5.91 Å². The van der Waals surface area contributed by atoms with Gasteiger partial charge in [-0.05, 0) is 0 Å². The van der Waals surface area contributed by atoms with Gasteiger partial charge in [-0.25, -0.2) is 0 Å². The molecule has 1 amide bonds. The van der Waals surface area contributed by atoms with E-state index in [0.29, 0.717) is 6.42 Å². The van der Waals surface area contributed by atoms with Crippen LogP contribution in [0, 0.1) is 0 Å². The van der Waals surface area contributed by atoms with Crippen LogP contribution < -0.4 is 5.32 Å². The molecule has 0 aromatic rings. The number of allylic oxidation sites excluding steroid dienone is 3. The normalized spacial score (nSPS) is 14.4. The van der Waals surface area contributed by atoms with Crippen molar-refractivity contribution in [3.05, 3.63) is 21.0 Å². The van der Waals surface area contributed by atoms with E-state index in [0.717, 1.165) is 12.8 Å². The predicted molar refractivity (Wildman–Crippen MR) is 113 cm³/mol. The SMILES string of the molecule is CCCCCCCCCCC(=O)NC1=CCC=[C]1[Pb]([CH2]C)([CH2]C)[CH2]C. The first-order chi connectivity index (χ1) is 12.1. The van der Waals surface area contributed by atoms with Crippen LogP contribution in [0.1, 0.15) is 91.9 Å². The molecule has 0 aromatic carbocycles. The van der Waals surface area contributed by atoms with Crippen molar-refractivity contribution >= 4 is 27.1 Å². The molecule has 25 heavy (non-hydrogen) atoms. The number of carbonyl (C=O) groups is 1. The van der Waals surface area contributed by atoms with Gasteiger partial charge in [-0.3, -0.25) is 0 Å². The van der Waals surface area contributed by atoms with Gasteiger partial charge < -0.3 is 0 Å². The summed E-state index contributed by atoms with van der Waals surface area (Å²) in [5, 5.41) is 3.27. The van der Waals surface area contributed by atoms with Crippen molar-refractivity contribution in [1.29, 1.82) is 0 Å². The van der Waals surface area contributed by atoms with Gasteiger partial charge >= 0.3 is 149 Å². The summed E-state index contributed by atoms with van der Waals surface area (Å²) < 4.78 is 5.68. The Morgan fingerprint density at radius 3 is 2.00 bits per heavy atom. The predicted octanol–water partition coefficient (Wildman–Crippen LogP) is 6.90. The quantitative estimate of drug-likeness (QED) is 0.188. The van der Waals surface area contributed by atoms with Crippen LogP contribution in [0.2, 0.25) is 11.9 Å². The molecule has 3 heteroatoms. The van der Waals surface area contributed by atoms with E-state index in [9.17, 15) is 4.79 Å². The number of nitrogens with one attached hydrogen (secondary N) is 1. The summed E-state index contributed by atoms with van der Waals surface area (Å²) in [4.78, 5) is 12.4. The summed E-state index contributed by atoms with van der Waals surface area (Å²) in [7, 11) is 0. The van der Waals surface area contributed by atoms with Crippen LogP contribution in [-0.4, -0.2) is 27.1 Å². The zero-order valence-electron chi connectivity index (χ0n) is 17.3. The molecule has 0 heterocycles. The van der Waals surface area contributed by atoms with E-state index < -0.39 is 21.2 Å². The van der Waals surface area contributed by atoms with Crippen molar-refractivity contribution in [2.24, 2.45) is 0 Å². The second-order valence-electron chi connectivity index (χ2n) is 7.59. The van der Waals surface area contributed by atoms with Crippen molar-refractivity contribution in [3.8, 4) is 0 Å². The van der Waals surface area contributed by atoms with Crippen molar-refractivity contribution in [2.75, 3.05) is 0 Å². The summed E-state index contributed by atoms with van der Waals surface area (Å²) in [5.74, 6) is 0.232. The van der Waals surface area contributed by atoms with Crippen LogP contribution in [0.25, 0.3) is 0 Å². The summed E-state index contributed by atoms with van der Waals surface area (Å²) in [6.45, 7) is 9.36. The Bertz CT molecular complexity index is 441. The van der Waals surface area contributed by atoms with Gasteiger partial charge in [0.2, 0.25) is 0 Å². The molecule has 1 aliphatic rings. The fourth-order valence-corrected chi connectivity index (χ4v) is 19.4. The minimum absolute atomic E-state index is 0.232. The zero-order valence-corrected chi connectivity index (χ0v) is 21.1. The first-order valence-corrected chi connectivity index (χ1v) is 21.0. The van der Waals surface area contributed by atoms with Gasteiger partial charge in [-0.15, -0.1) is 0 Å². The van der Waals surface area contributed by atoms with Gasteiger partial charge in [0.25, 0.3) is 0 Å². The first kappa shape index (κ1) is 22.9. The number of hydrogen-bond acceptors (Lipinski definition) is 1. The first-order valence-electron chi connectivity index (χ1n) is 10.8. The topological polar surface area (TPSA) is 29.1 Å². The van der Waals surface area contributed by atoms with Crippen molar-refractivity contribution in [3.63, 3.8) is 0 Å². The number of rotatable bonds is 14. The Balaban J connectivity index is 2.31. The molecule has 0 unspecified atom stereocenters. The van der Waals surface area contributed by atoms with Crippen LogP contribution in [0.4, 0.5) is 0 Å². The maximum atomic E-state index is 12.4.